The first-order chi connectivity index (χ1) is 17.2. The molecule has 182 valence electrons. The van der Waals surface area contributed by atoms with Crippen LogP contribution in [0, 0.1) is 20.8 Å². The van der Waals surface area contributed by atoms with Crippen molar-refractivity contribution in [1.82, 2.24) is 5.32 Å². The van der Waals surface area contributed by atoms with Crippen LogP contribution in [-0.4, -0.2) is 30.4 Å². The van der Waals surface area contributed by atoms with Crippen LogP contribution in [0.3, 0.4) is 0 Å². The highest BCUT2D eigenvalue weighted by molar-refractivity contribution is 6.39. The van der Waals surface area contributed by atoms with Crippen LogP contribution in [0.2, 0.25) is 0 Å². The number of carbonyl (C=O) groups excluding carboxylic acids is 4. The number of imide groups is 2. The van der Waals surface area contributed by atoms with Gasteiger partial charge in [-0.05, 0) is 73.9 Å². The number of ether oxygens (including phenoxy) is 1. The largest absolute Gasteiger partial charge is 0.483 e. The molecule has 0 unspecified atom stereocenters. The molecule has 5 amide bonds. The maximum Gasteiger partial charge on any atom is 0.335 e. The molecular formula is C28H25N3O5. The number of amides is 5. The fourth-order valence-electron chi connectivity index (χ4n) is 3.71. The van der Waals surface area contributed by atoms with Gasteiger partial charge in [-0.1, -0.05) is 36.4 Å². The van der Waals surface area contributed by atoms with Gasteiger partial charge < -0.3 is 10.1 Å². The Morgan fingerprint density at radius 1 is 0.944 bits per heavy atom. The Morgan fingerprint density at radius 2 is 1.72 bits per heavy atom. The third-order valence-electron chi connectivity index (χ3n) is 5.73. The van der Waals surface area contributed by atoms with Gasteiger partial charge >= 0.3 is 6.03 Å². The molecule has 8 nitrogen and oxygen atoms in total. The van der Waals surface area contributed by atoms with Crippen molar-refractivity contribution in [3.05, 3.63) is 94.6 Å². The van der Waals surface area contributed by atoms with E-state index in [2.05, 4.69) is 10.6 Å². The number of nitrogens with zero attached hydrogens (tertiary/aromatic N) is 1. The monoisotopic (exact) mass is 483 g/mol. The van der Waals surface area contributed by atoms with Crippen LogP contribution in [0.15, 0.2) is 72.3 Å². The maximum absolute atomic E-state index is 13.2. The Hall–Kier alpha value is -4.72. The number of para-hydroxylation sites is 1. The second-order valence-electron chi connectivity index (χ2n) is 8.47. The lowest BCUT2D eigenvalue weighted by molar-refractivity contribution is -0.122. The van der Waals surface area contributed by atoms with Crippen LogP contribution in [-0.2, 0) is 14.4 Å². The van der Waals surface area contributed by atoms with E-state index in [-0.39, 0.29) is 18.1 Å². The second-order valence-corrected chi connectivity index (χ2v) is 8.47. The SMILES string of the molecule is Cc1cccc(NC(=O)COc2ccccc2/C=C2\C(=O)NC(=O)N(c3ccc(C)c(C)c3)C2=O)c1. The van der Waals surface area contributed by atoms with Crippen LogP contribution < -0.4 is 20.3 Å². The predicted molar refractivity (Wildman–Crippen MR) is 137 cm³/mol. The number of anilines is 2. The molecule has 1 saturated heterocycles. The number of urea groups is 1. The van der Waals surface area contributed by atoms with Crippen molar-refractivity contribution >= 4 is 41.2 Å². The van der Waals surface area contributed by atoms with Crippen LogP contribution in [0.1, 0.15) is 22.3 Å². The molecule has 1 heterocycles. The third-order valence-corrected chi connectivity index (χ3v) is 5.73. The number of nitrogens with one attached hydrogen (secondary N) is 2. The highest BCUT2D eigenvalue weighted by atomic mass is 16.5. The minimum absolute atomic E-state index is 0.229. The van der Waals surface area contributed by atoms with E-state index in [9.17, 15) is 19.2 Å². The molecule has 8 heteroatoms. The Balaban J connectivity index is 1.56. The van der Waals surface area contributed by atoms with Gasteiger partial charge in [0, 0.05) is 11.3 Å². The molecule has 4 rings (SSSR count). The average Bonchev–Trinajstić information content (AvgIpc) is 2.83. The number of aryl methyl sites for hydroxylation is 3. The summed E-state index contributed by atoms with van der Waals surface area (Å²) in [7, 11) is 0. The van der Waals surface area contributed by atoms with Crippen LogP contribution in [0.5, 0.6) is 5.75 Å². The van der Waals surface area contributed by atoms with Crippen molar-refractivity contribution in [1.29, 1.82) is 0 Å². The quantitative estimate of drug-likeness (QED) is 0.402. The molecular weight excluding hydrogens is 458 g/mol. The molecule has 36 heavy (non-hydrogen) atoms. The van der Waals surface area contributed by atoms with E-state index in [4.69, 9.17) is 4.74 Å². The lowest BCUT2D eigenvalue weighted by atomic mass is 10.0. The van der Waals surface area contributed by atoms with Gasteiger partial charge in [0.1, 0.15) is 11.3 Å². The molecule has 2 N–H and O–H groups in total. The summed E-state index contributed by atoms with van der Waals surface area (Å²) in [4.78, 5) is 51.6. The first-order valence-electron chi connectivity index (χ1n) is 11.3. The van der Waals surface area contributed by atoms with Gasteiger partial charge in [0.15, 0.2) is 6.61 Å². The van der Waals surface area contributed by atoms with Crippen LogP contribution >= 0.6 is 0 Å². The van der Waals surface area contributed by atoms with Crippen molar-refractivity contribution in [2.75, 3.05) is 16.8 Å². The summed E-state index contributed by atoms with van der Waals surface area (Å²) in [5, 5.41) is 4.98. The Kier molecular flexibility index (Phi) is 6.96. The van der Waals surface area contributed by atoms with Gasteiger partial charge in [-0.25, -0.2) is 9.69 Å². The molecule has 0 spiro atoms. The van der Waals surface area contributed by atoms with Crippen molar-refractivity contribution in [3.8, 4) is 5.75 Å². The van der Waals surface area contributed by atoms with Crippen molar-refractivity contribution in [2.24, 2.45) is 0 Å². The van der Waals surface area contributed by atoms with Gasteiger partial charge in [0.2, 0.25) is 0 Å². The molecule has 3 aromatic carbocycles. The smallest absolute Gasteiger partial charge is 0.335 e. The average molecular weight is 484 g/mol. The van der Waals surface area contributed by atoms with E-state index in [1.807, 2.05) is 39.0 Å². The second kappa shape index (κ2) is 10.3. The van der Waals surface area contributed by atoms with Crippen molar-refractivity contribution < 1.29 is 23.9 Å². The number of barbiturate groups is 1. The summed E-state index contributed by atoms with van der Waals surface area (Å²) >= 11 is 0. The number of carbonyl (C=O) groups is 4. The summed E-state index contributed by atoms with van der Waals surface area (Å²) in [6.07, 6.45) is 1.35. The van der Waals surface area contributed by atoms with Gasteiger partial charge in [-0.15, -0.1) is 0 Å². The summed E-state index contributed by atoms with van der Waals surface area (Å²) in [5.74, 6) is -1.61. The van der Waals surface area contributed by atoms with Crippen LogP contribution in [0.25, 0.3) is 6.08 Å². The molecule has 0 bridgehead atoms. The zero-order chi connectivity index (χ0) is 25.8. The fraction of sp³-hybridized carbons (Fsp3) is 0.143. The lowest BCUT2D eigenvalue weighted by Gasteiger charge is -2.27. The summed E-state index contributed by atoms with van der Waals surface area (Å²) < 4.78 is 5.69. The number of hydrogen-bond donors (Lipinski definition) is 2. The normalized spacial score (nSPS) is 14.6. The first-order valence-corrected chi connectivity index (χ1v) is 11.3. The molecule has 3 aromatic rings. The maximum atomic E-state index is 13.2. The van der Waals surface area contributed by atoms with Crippen LogP contribution in [0.4, 0.5) is 16.2 Å². The lowest BCUT2D eigenvalue weighted by Crippen LogP contribution is -2.54. The minimum atomic E-state index is -0.817. The van der Waals surface area contributed by atoms with E-state index in [0.29, 0.717) is 22.7 Å². The standard InChI is InChI=1S/C28H25N3O5/c1-17-7-6-9-21(13-17)29-25(32)16-36-24-10-5-4-8-20(24)15-23-26(33)30-28(35)31(27(23)34)22-12-11-18(2)19(3)14-22/h4-15H,16H2,1-3H3,(H,29,32)(H,30,33,35)/b23-15+. The van der Waals surface area contributed by atoms with Gasteiger partial charge in [-0.2, -0.15) is 0 Å². The Morgan fingerprint density at radius 3 is 2.47 bits per heavy atom. The van der Waals surface area contributed by atoms with Crippen molar-refractivity contribution in [3.63, 3.8) is 0 Å². The number of rotatable bonds is 6. The first kappa shape index (κ1) is 24.4. The van der Waals surface area contributed by atoms with E-state index in [0.717, 1.165) is 21.6 Å². The molecule has 0 saturated carbocycles. The molecule has 0 aromatic heterocycles. The van der Waals surface area contributed by atoms with Gasteiger partial charge in [-0.3, -0.25) is 19.7 Å². The minimum Gasteiger partial charge on any atom is -0.483 e. The zero-order valence-electron chi connectivity index (χ0n) is 20.1. The fourth-order valence-corrected chi connectivity index (χ4v) is 3.71. The summed E-state index contributed by atoms with van der Waals surface area (Å²) in [6, 6.07) is 18.4. The van der Waals surface area contributed by atoms with E-state index in [1.54, 1.807) is 48.5 Å². The molecule has 0 aliphatic carbocycles. The van der Waals surface area contributed by atoms with Gasteiger partial charge in [0.25, 0.3) is 17.7 Å². The molecule has 1 aliphatic rings. The summed E-state index contributed by atoms with van der Waals surface area (Å²) in [6.45, 7) is 5.44. The zero-order valence-corrected chi connectivity index (χ0v) is 20.1. The Labute approximate surface area is 208 Å². The molecule has 0 atom stereocenters. The van der Waals surface area contributed by atoms with E-state index in [1.165, 1.54) is 6.08 Å². The van der Waals surface area contributed by atoms with Gasteiger partial charge in [0.05, 0.1) is 5.69 Å². The highest BCUT2D eigenvalue weighted by Gasteiger charge is 2.37. The predicted octanol–water partition coefficient (Wildman–Crippen LogP) is 4.30. The molecule has 1 fully saturated rings. The number of benzene rings is 3. The summed E-state index contributed by atoms with van der Waals surface area (Å²) in [5.41, 5.74) is 4.11. The van der Waals surface area contributed by atoms with Crippen molar-refractivity contribution in [2.45, 2.75) is 20.8 Å². The number of hydrogen-bond acceptors (Lipinski definition) is 5. The topological polar surface area (TPSA) is 105 Å². The Bertz CT molecular complexity index is 1410. The van der Waals surface area contributed by atoms with E-state index >= 15 is 0 Å². The van der Waals surface area contributed by atoms with E-state index < -0.39 is 17.8 Å². The highest BCUT2D eigenvalue weighted by Crippen LogP contribution is 2.26. The molecule has 1 aliphatic heterocycles. The third kappa shape index (κ3) is 5.33. The molecule has 0 radical (unpaired) electrons.